The van der Waals surface area contributed by atoms with Gasteiger partial charge < -0.3 is 44.9 Å². The van der Waals surface area contributed by atoms with Crippen molar-refractivity contribution >= 4 is 89.8 Å². The minimum atomic E-state index is -4.49. The quantitative estimate of drug-likeness (QED) is 0.0492. The van der Waals surface area contributed by atoms with Crippen LogP contribution in [0.1, 0.15) is 30.5 Å². The molecule has 4 heterocycles. The minimum absolute atomic E-state index is 0. The van der Waals surface area contributed by atoms with E-state index in [0.29, 0.717) is 52.1 Å². The summed E-state index contributed by atoms with van der Waals surface area (Å²) in [6.07, 6.45) is -8.88. The normalized spacial score (nSPS) is 13.4. The van der Waals surface area contributed by atoms with Gasteiger partial charge in [-0.1, -0.05) is 91.0 Å². The Hall–Kier alpha value is -8.19. The van der Waals surface area contributed by atoms with Crippen molar-refractivity contribution in [2.45, 2.75) is 52.6 Å². The fourth-order valence-corrected chi connectivity index (χ4v) is 12.2. The number of benzene rings is 7. The summed E-state index contributed by atoms with van der Waals surface area (Å²) >= 11 is 0. The molecule has 2 fully saturated rings. The van der Waals surface area contributed by atoms with Crippen molar-refractivity contribution in [2.75, 3.05) is 76.4 Å². The van der Waals surface area contributed by atoms with Crippen molar-refractivity contribution < 1.29 is 99.6 Å². The molecule has 11 rings (SSSR count). The van der Waals surface area contributed by atoms with Crippen LogP contribution < -0.4 is 30.1 Å². The minimum Gasteiger partial charge on any atom is -0.495 e. The molecule has 495 valence electrons. The molecule has 6 N–H and O–H groups in total. The Labute approximate surface area is 543 Å². The number of aromatic amines is 1. The van der Waals surface area contributed by atoms with Gasteiger partial charge in [-0.3, -0.25) is 19.6 Å². The summed E-state index contributed by atoms with van der Waals surface area (Å²) in [5.74, 6) is -0.463. The number of carboxylic acid groups (broad SMARTS) is 2. The van der Waals surface area contributed by atoms with Gasteiger partial charge in [0.05, 0.1) is 63.2 Å². The number of aliphatic carboxylic acids is 2. The fraction of sp³-hybridized carbons (Fsp3) is 0.246. The van der Waals surface area contributed by atoms with E-state index in [9.17, 15) is 43.2 Å². The summed E-state index contributed by atoms with van der Waals surface area (Å²) in [5, 5.41) is 47.6. The molecule has 0 atom stereocenters. The number of ether oxygens (including phenoxy) is 2. The number of nitrogens with zero attached hydrogens (tertiary/aromatic N) is 6. The maximum Gasteiger partial charge on any atom is 0.488 e. The van der Waals surface area contributed by atoms with E-state index < -0.39 is 62.2 Å². The predicted octanol–water partition coefficient (Wildman–Crippen LogP) is 9.01. The first-order chi connectivity index (χ1) is 42.6. The number of hydrogen-bond donors (Lipinski definition) is 6. The standard InChI is InChI=1S/C25H23F3N4O3S.C25H26N4O3S.C7H6BF3O2.2C2H4O2.ClH.Cu/c1-35-23-16-21-20(15-22(23)31-13-11-29-12-14-31)24(36(33,34)19-5-3-2-4-6-19)30-32(21)18-9-7-17(8-10-18)25(26,27)28;1-32-24-17-22-21(25(27-26-22)33(30,31)20-10-6-3-7-11-20)16-23(24)29-14-12-28(13-15-29)18-19-8-4-2-5-9-19;9-7(10,11)5-1-3-6(4-2-5)8(12)13;2*1-2(3)4;;/h2-10,15-16,29H,11-14H2,1H3;2-11,16-17H,12-15,18H2,1H3,(H,26,27);1-4,12-13H;2*1H3,(H,3,4);1H;. The Kier molecular flexibility index (Phi) is 26.7. The Balaban J connectivity index is 0.000000252. The number of H-pyrrole nitrogens is 1. The van der Waals surface area contributed by atoms with Crippen LogP contribution in [0.3, 0.4) is 0 Å². The average molecular weight is 1390 g/mol. The van der Waals surface area contributed by atoms with Gasteiger partial charge in [0.2, 0.25) is 19.7 Å². The van der Waals surface area contributed by atoms with Gasteiger partial charge in [-0.05, 0) is 71.7 Å². The number of hydrogen-bond acceptors (Lipinski definition) is 16. The van der Waals surface area contributed by atoms with E-state index in [2.05, 4.69) is 59.6 Å². The second-order valence-electron chi connectivity index (χ2n) is 20.0. The maximum atomic E-state index is 13.6. The molecule has 0 unspecified atom stereocenters. The first-order valence-electron chi connectivity index (χ1n) is 27.5. The molecule has 1 radical (unpaired) electrons. The third-order valence-corrected chi connectivity index (χ3v) is 17.2. The number of carbonyl (C=O) groups is 2. The first-order valence-corrected chi connectivity index (χ1v) is 30.4. The average Bonchev–Trinajstić information content (AvgIpc) is 1.58. The Bertz CT molecular complexity index is 4080. The summed E-state index contributed by atoms with van der Waals surface area (Å²) < 4.78 is 142. The molecule has 0 saturated carbocycles. The number of aromatic nitrogens is 4. The van der Waals surface area contributed by atoms with E-state index in [1.54, 1.807) is 67.8 Å². The number of methoxy groups -OCH3 is 2. The van der Waals surface area contributed by atoms with Gasteiger partial charge in [-0.2, -0.15) is 36.5 Å². The van der Waals surface area contributed by atoms with Gasteiger partial charge in [0, 0.05) is 113 Å². The summed E-state index contributed by atoms with van der Waals surface area (Å²) in [5.41, 5.74) is 2.59. The van der Waals surface area contributed by atoms with E-state index in [4.69, 9.17) is 39.3 Å². The van der Waals surface area contributed by atoms with E-state index in [1.807, 2.05) is 18.2 Å². The molecular formula is C61H64BClCuF6N8O12S2. The third kappa shape index (κ3) is 19.2. The van der Waals surface area contributed by atoms with Crippen LogP contribution in [-0.4, -0.2) is 148 Å². The first kappa shape index (κ1) is 74.5. The number of carboxylic acids is 2. The Morgan fingerprint density at radius 3 is 1.50 bits per heavy atom. The van der Waals surface area contributed by atoms with E-state index in [-0.39, 0.29) is 54.8 Å². The number of fused-ring (bicyclic) bond motifs is 2. The topological polar surface area (TPSA) is 270 Å². The summed E-state index contributed by atoms with van der Waals surface area (Å²) in [6, 6.07) is 42.0. The Morgan fingerprint density at radius 2 is 1.03 bits per heavy atom. The molecule has 20 nitrogen and oxygen atoms in total. The maximum absolute atomic E-state index is 13.6. The number of nitrogens with one attached hydrogen (secondary N) is 2. The van der Waals surface area contributed by atoms with Crippen LogP contribution in [0.15, 0.2) is 184 Å². The predicted molar refractivity (Wildman–Crippen MR) is 333 cm³/mol. The second-order valence-corrected chi connectivity index (χ2v) is 23.8. The number of sulfone groups is 2. The molecule has 0 spiro atoms. The third-order valence-electron chi connectivity index (χ3n) is 13.8. The van der Waals surface area contributed by atoms with Crippen LogP contribution in [0.4, 0.5) is 37.7 Å². The zero-order chi connectivity index (χ0) is 65.6. The molecule has 0 aliphatic carbocycles. The van der Waals surface area contributed by atoms with Crippen molar-refractivity contribution in [2.24, 2.45) is 0 Å². The van der Waals surface area contributed by atoms with E-state index in [0.717, 1.165) is 107 Å². The van der Waals surface area contributed by atoms with Crippen LogP contribution in [-0.2, 0) is 65.2 Å². The molecule has 2 aliphatic rings. The molecule has 7 aromatic carbocycles. The summed E-state index contributed by atoms with van der Waals surface area (Å²) in [7, 11) is -6.34. The zero-order valence-corrected chi connectivity index (χ0v) is 53.0. The fourth-order valence-electron chi connectivity index (χ4n) is 9.49. The van der Waals surface area contributed by atoms with Crippen molar-refractivity contribution in [1.29, 1.82) is 0 Å². The van der Waals surface area contributed by atoms with Crippen molar-refractivity contribution in [3.8, 4) is 17.2 Å². The smallest absolute Gasteiger partial charge is 0.488 e. The van der Waals surface area contributed by atoms with Gasteiger partial charge in [-0.25, -0.2) is 21.5 Å². The van der Waals surface area contributed by atoms with Gasteiger partial charge in [0.15, 0.2) is 10.1 Å². The largest absolute Gasteiger partial charge is 0.495 e. The molecular weight excluding hydrogens is 1320 g/mol. The van der Waals surface area contributed by atoms with Crippen LogP contribution in [0.2, 0.25) is 0 Å². The molecule has 0 amide bonds. The summed E-state index contributed by atoms with van der Waals surface area (Å²) in [6.45, 7) is 9.51. The molecule has 92 heavy (non-hydrogen) atoms. The molecule has 2 saturated heterocycles. The van der Waals surface area contributed by atoms with Crippen LogP contribution in [0, 0.1) is 0 Å². The number of anilines is 2. The second kappa shape index (κ2) is 32.9. The molecule has 2 aromatic heterocycles. The SMILES string of the molecule is CC(=O)O.CC(=O)O.COc1cc2c(cc1N1CCNCC1)c(S(=O)(=O)c1ccccc1)nn2-c1ccc(C(F)(F)F)cc1.COc1cc2n[nH]c(S(=O)(=O)c3ccccc3)c2cc1N1CCN(Cc2ccccc2)CC1.Cl.OB(O)c1ccc(C(F)(F)F)cc1.[Cu]. The zero-order valence-electron chi connectivity index (χ0n) is 49.6. The number of rotatable bonds is 12. The summed E-state index contributed by atoms with van der Waals surface area (Å²) in [4.78, 5) is 25.1. The van der Waals surface area contributed by atoms with Crippen molar-refractivity contribution in [3.05, 3.63) is 180 Å². The number of piperazine rings is 2. The molecule has 0 bridgehead atoms. The van der Waals surface area contributed by atoms with E-state index >= 15 is 0 Å². The van der Waals surface area contributed by atoms with Gasteiger partial charge in [0.1, 0.15) is 11.5 Å². The van der Waals surface area contributed by atoms with Gasteiger partial charge in [0.25, 0.3) is 11.9 Å². The molecule has 31 heteroatoms. The van der Waals surface area contributed by atoms with E-state index in [1.165, 1.54) is 41.6 Å². The number of halogens is 7. The van der Waals surface area contributed by atoms with Gasteiger partial charge in [-0.15, -0.1) is 12.4 Å². The molecule has 2 aliphatic heterocycles. The number of alkyl halides is 6. The molecule has 9 aromatic rings. The van der Waals surface area contributed by atoms with Crippen molar-refractivity contribution in [1.82, 2.24) is 30.2 Å². The Morgan fingerprint density at radius 1 is 0.598 bits per heavy atom. The van der Waals surface area contributed by atoms with Gasteiger partial charge >= 0.3 is 19.5 Å². The monoisotopic (exact) mass is 1390 g/mol. The van der Waals surface area contributed by atoms with Crippen LogP contribution >= 0.6 is 12.4 Å². The van der Waals surface area contributed by atoms with Crippen molar-refractivity contribution in [3.63, 3.8) is 0 Å². The van der Waals surface area contributed by atoms with Crippen LogP contribution in [0.25, 0.3) is 27.5 Å². The van der Waals surface area contributed by atoms with Crippen LogP contribution in [0.5, 0.6) is 11.5 Å².